The van der Waals surface area contributed by atoms with Gasteiger partial charge in [-0.05, 0) is 22.9 Å². The van der Waals surface area contributed by atoms with Crippen LogP contribution in [0.3, 0.4) is 0 Å². The van der Waals surface area contributed by atoms with Crippen molar-refractivity contribution in [1.82, 2.24) is 4.31 Å². The Labute approximate surface area is 165 Å². The van der Waals surface area contributed by atoms with E-state index in [9.17, 15) is 13.7 Å². The maximum Gasteiger partial charge on any atom is 0.244 e. The molecule has 0 spiro atoms. The Morgan fingerprint density at radius 1 is 0.929 bits per heavy atom. The first kappa shape index (κ1) is 18.6. The number of sulfonamides is 1. The molecule has 0 aliphatic carbocycles. The van der Waals surface area contributed by atoms with Gasteiger partial charge in [0.05, 0.1) is 36.6 Å². The molecule has 4 rings (SSSR count). The molecule has 0 saturated carbocycles. The first-order chi connectivity index (χ1) is 13.6. The lowest BCUT2D eigenvalue weighted by atomic mass is 10.0. The van der Waals surface area contributed by atoms with Crippen molar-refractivity contribution in [3.63, 3.8) is 0 Å². The molecular formula is C22H22N3O2S+. The lowest BCUT2D eigenvalue weighted by molar-refractivity contribution is -0.917. The third kappa shape index (κ3) is 3.52. The van der Waals surface area contributed by atoms with E-state index in [0.717, 1.165) is 19.6 Å². The summed E-state index contributed by atoms with van der Waals surface area (Å²) in [6, 6.07) is 23.1. The van der Waals surface area contributed by atoms with Gasteiger partial charge in [0.15, 0.2) is 0 Å². The molecule has 1 aliphatic rings. The molecule has 1 saturated heterocycles. The highest BCUT2D eigenvalue weighted by molar-refractivity contribution is 7.89. The molecule has 28 heavy (non-hydrogen) atoms. The summed E-state index contributed by atoms with van der Waals surface area (Å²) < 4.78 is 27.5. The minimum absolute atomic E-state index is 0.106. The highest BCUT2D eigenvalue weighted by Crippen LogP contribution is 2.20. The lowest BCUT2D eigenvalue weighted by Gasteiger charge is -2.32. The zero-order valence-electron chi connectivity index (χ0n) is 15.5. The fourth-order valence-corrected chi connectivity index (χ4v) is 5.44. The summed E-state index contributed by atoms with van der Waals surface area (Å²) in [6.07, 6.45) is 0. The Hall–Kier alpha value is -2.72. The van der Waals surface area contributed by atoms with Gasteiger partial charge >= 0.3 is 0 Å². The number of nitriles is 1. The molecule has 1 heterocycles. The maximum absolute atomic E-state index is 13.0. The molecule has 0 bridgehead atoms. The number of benzene rings is 3. The normalized spacial score (nSPS) is 16.1. The Morgan fingerprint density at radius 2 is 1.61 bits per heavy atom. The van der Waals surface area contributed by atoms with Crippen LogP contribution < -0.4 is 4.90 Å². The fraction of sp³-hybridized carbons (Fsp3) is 0.227. The molecule has 1 N–H and O–H groups in total. The van der Waals surface area contributed by atoms with E-state index in [1.807, 2.05) is 12.1 Å². The van der Waals surface area contributed by atoms with E-state index in [4.69, 9.17) is 0 Å². The number of fused-ring (bicyclic) bond motifs is 1. The number of rotatable bonds is 4. The first-order valence-corrected chi connectivity index (χ1v) is 10.8. The summed E-state index contributed by atoms with van der Waals surface area (Å²) in [5.41, 5.74) is 1.49. The van der Waals surface area contributed by atoms with Crippen molar-refractivity contribution in [1.29, 1.82) is 5.26 Å². The molecule has 3 aromatic rings. The van der Waals surface area contributed by atoms with Gasteiger partial charge in [-0.25, -0.2) is 8.42 Å². The Morgan fingerprint density at radius 3 is 2.39 bits per heavy atom. The van der Waals surface area contributed by atoms with Crippen LogP contribution in [0, 0.1) is 11.3 Å². The van der Waals surface area contributed by atoms with Crippen molar-refractivity contribution >= 4 is 20.8 Å². The summed E-state index contributed by atoms with van der Waals surface area (Å²) >= 11 is 0. The van der Waals surface area contributed by atoms with E-state index >= 15 is 0 Å². The Balaban J connectivity index is 1.48. The number of hydrogen-bond donors (Lipinski definition) is 1. The van der Waals surface area contributed by atoms with Gasteiger partial charge < -0.3 is 4.90 Å². The summed E-state index contributed by atoms with van der Waals surface area (Å²) in [5, 5.41) is 11.7. The summed E-state index contributed by atoms with van der Waals surface area (Å²) in [7, 11) is -3.64. The molecule has 6 heteroatoms. The average Bonchev–Trinajstić information content (AvgIpc) is 2.74. The molecule has 0 amide bonds. The van der Waals surface area contributed by atoms with Crippen LogP contribution in [0.15, 0.2) is 71.6 Å². The van der Waals surface area contributed by atoms with Crippen molar-refractivity contribution in [2.45, 2.75) is 11.4 Å². The van der Waals surface area contributed by atoms with Crippen molar-refractivity contribution < 1.29 is 13.3 Å². The molecule has 0 radical (unpaired) electrons. The summed E-state index contributed by atoms with van der Waals surface area (Å²) in [5.74, 6) is 0. The molecule has 5 nitrogen and oxygen atoms in total. The number of piperazine rings is 1. The number of nitrogens with one attached hydrogen (secondary N) is 1. The van der Waals surface area contributed by atoms with Crippen LogP contribution in [0.2, 0.25) is 0 Å². The van der Waals surface area contributed by atoms with E-state index in [2.05, 4.69) is 36.4 Å². The van der Waals surface area contributed by atoms with Crippen LogP contribution in [0.5, 0.6) is 0 Å². The van der Waals surface area contributed by atoms with Crippen LogP contribution in [0.4, 0.5) is 0 Å². The standard InChI is InChI=1S/C22H21N3O2S/c23-16-19-7-2-4-11-22(19)28(26,27)25-14-12-24(13-15-25)17-20-9-5-8-18-6-1-3-10-21(18)20/h1-11H,12-15,17H2/p+1. The van der Waals surface area contributed by atoms with Gasteiger partial charge in [0.2, 0.25) is 10.0 Å². The van der Waals surface area contributed by atoms with Gasteiger partial charge in [0, 0.05) is 5.56 Å². The van der Waals surface area contributed by atoms with Gasteiger partial charge in [0.25, 0.3) is 0 Å². The van der Waals surface area contributed by atoms with E-state index in [1.165, 1.54) is 31.6 Å². The molecule has 1 fully saturated rings. The SMILES string of the molecule is N#Cc1ccccc1S(=O)(=O)N1CC[NH+](Cc2cccc3ccccc23)CC1. The van der Waals surface area contributed by atoms with Crippen LogP contribution in [-0.4, -0.2) is 38.9 Å². The number of hydrogen-bond acceptors (Lipinski definition) is 3. The molecule has 0 atom stereocenters. The minimum Gasteiger partial charge on any atom is -0.329 e. The number of quaternary nitrogens is 1. The molecular weight excluding hydrogens is 370 g/mol. The van der Waals surface area contributed by atoms with E-state index < -0.39 is 10.0 Å². The van der Waals surface area contributed by atoms with E-state index in [-0.39, 0.29) is 10.5 Å². The van der Waals surface area contributed by atoms with Gasteiger partial charge in [0.1, 0.15) is 12.6 Å². The minimum atomic E-state index is -3.64. The Bertz CT molecular complexity index is 1140. The largest absolute Gasteiger partial charge is 0.329 e. The predicted molar refractivity (Wildman–Crippen MR) is 108 cm³/mol. The van der Waals surface area contributed by atoms with E-state index in [1.54, 1.807) is 18.2 Å². The highest BCUT2D eigenvalue weighted by Gasteiger charge is 2.32. The van der Waals surface area contributed by atoms with Crippen LogP contribution in [0.1, 0.15) is 11.1 Å². The third-order valence-electron chi connectivity index (χ3n) is 5.38. The lowest BCUT2D eigenvalue weighted by Crippen LogP contribution is -3.13. The van der Waals surface area contributed by atoms with Crippen molar-refractivity contribution in [2.24, 2.45) is 0 Å². The second kappa shape index (κ2) is 7.72. The summed E-state index contributed by atoms with van der Waals surface area (Å²) in [6.45, 7) is 3.29. The first-order valence-electron chi connectivity index (χ1n) is 9.39. The number of nitrogens with zero attached hydrogens (tertiary/aromatic N) is 2. The molecule has 142 valence electrons. The van der Waals surface area contributed by atoms with Gasteiger partial charge in [-0.3, -0.25) is 0 Å². The zero-order valence-corrected chi connectivity index (χ0v) is 16.3. The highest BCUT2D eigenvalue weighted by atomic mass is 32.2. The molecule has 0 unspecified atom stereocenters. The zero-order chi connectivity index (χ0) is 19.6. The van der Waals surface area contributed by atoms with E-state index in [0.29, 0.717) is 13.1 Å². The predicted octanol–water partition coefficient (Wildman–Crippen LogP) is 1.80. The van der Waals surface area contributed by atoms with Gasteiger partial charge in [-0.1, -0.05) is 54.6 Å². The second-order valence-corrected chi connectivity index (χ2v) is 8.98. The second-order valence-electron chi connectivity index (χ2n) is 7.08. The van der Waals surface area contributed by atoms with Gasteiger partial charge in [-0.2, -0.15) is 9.57 Å². The van der Waals surface area contributed by atoms with Gasteiger partial charge in [-0.15, -0.1) is 0 Å². The summed E-state index contributed by atoms with van der Waals surface area (Å²) in [4.78, 5) is 1.48. The molecule has 3 aromatic carbocycles. The third-order valence-corrected chi connectivity index (χ3v) is 7.33. The fourth-order valence-electron chi connectivity index (χ4n) is 3.86. The Kier molecular flexibility index (Phi) is 5.14. The van der Waals surface area contributed by atoms with Crippen molar-refractivity contribution in [3.8, 4) is 6.07 Å². The molecule has 1 aliphatic heterocycles. The smallest absolute Gasteiger partial charge is 0.244 e. The maximum atomic E-state index is 13.0. The monoisotopic (exact) mass is 392 g/mol. The van der Waals surface area contributed by atoms with Crippen molar-refractivity contribution in [3.05, 3.63) is 77.9 Å². The van der Waals surface area contributed by atoms with Crippen LogP contribution in [-0.2, 0) is 16.6 Å². The van der Waals surface area contributed by atoms with Crippen molar-refractivity contribution in [2.75, 3.05) is 26.2 Å². The topological polar surface area (TPSA) is 65.6 Å². The van der Waals surface area contributed by atoms with Crippen LogP contribution >= 0.6 is 0 Å². The van der Waals surface area contributed by atoms with Crippen LogP contribution in [0.25, 0.3) is 10.8 Å². The average molecular weight is 393 g/mol. The molecule has 0 aromatic heterocycles. The quantitative estimate of drug-likeness (QED) is 0.736.